The van der Waals surface area contributed by atoms with E-state index in [2.05, 4.69) is 17.0 Å². The summed E-state index contributed by atoms with van der Waals surface area (Å²) < 4.78 is 5.54. The molecule has 1 aliphatic heterocycles. The molecule has 3 aromatic rings. The van der Waals surface area contributed by atoms with Gasteiger partial charge in [0.2, 0.25) is 0 Å². The number of hydrogen-bond acceptors (Lipinski definition) is 5. The maximum Gasteiger partial charge on any atom is 0.339 e. The molecule has 1 heterocycles. The topological polar surface area (TPSA) is 70.2 Å². The van der Waals surface area contributed by atoms with Crippen molar-refractivity contribution in [3.8, 4) is 0 Å². The molecule has 0 N–H and O–H groups in total. The largest absolute Gasteiger partial charge is 0.449 e. The Kier molecular flexibility index (Phi) is 8.13. The molecule has 186 valence electrons. The van der Waals surface area contributed by atoms with Gasteiger partial charge in [0, 0.05) is 45.5 Å². The van der Waals surface area contributed by atoms with E-state index in [1.807, 2.05) is 48.5 Å². The molecule has 0 saturated carbocycles. The number of carbonyl (C=O) groups is 3. The molecule has 1 atom stereocenters. The van der Waals surface area contributed by atoms with Gasteiger partial charge in [-0.15, -0.1) is 0 Å². The first-order chi connectivity index (χ1) is 17.4. The number of anilines is 1. The number of rotatable bonds is 7. The number of benzene rings is 3. The van der Waals surface area contributed by atoms with E-state index in [0.29, 0.717) is 18.8 Å². The van der Waals surface area contributed by atoms with Crippen molar-refractivity contribution in [2.24, 2.45) is 0 Å². The molecule has 2 amide bonds. The fourth-order valence-electron chi connectivity index (χ4n) is 4.30. The van der Waals surface area contributed by atoms with Gasteiger partial charge in [-0.3, -0.25) is 14.5 Å². The van der Waals surface area contributed by atoms with Crippen molar-refractivity contribution in [2.45, 2.75) is 19.6 Å². The Morgan fingerprint density at radius 2 is 1.36 bits per heavy atom. The first-order valence-corrected chi connectivity index (χ1v) is 12.1. The smallest absolute Gasteiger partial charge is 0.339 e. The van der Waals surface area contributed by atoms with E-state index in [0.717, 1.165) is 19.6 Å². The van der Waals surface area contributed by atoms with Crippen LogP contribution in [-0.2, 0) is 16.1 Å². The number of amides is 2. The van der Waals surface area contributed by atoms with Gasteiger partial charge in [-0.2, -0.15) is 0 Å². The van der Waals surface area contributed by atoms with Crippen LogP contribution in [0.4, 0.5) is 5.69 Å². The predicted octanol–water partition coefficient (Wildman–Crippen LogP) is 3.85. The maximum absolute atomic E-state index is 13.1. The highest BCUT2D eigenvalue weighted by Gasteiger charge is 2.29. The zero-order valence-corrected chi connectivity index (χ0v) is 20.7. The quantitative estimate of drug-likeness (QED) is 0.476. The molecule has 4 rings (SSSR count). The summed E-state index contributed by atoms with van der Waals surface area (Å²) in [6.45, 7) is 5.08. The average Bonchev–Trinajstić information content (AvgIpc) is 2.93. The SMILES string of the molecule is CC(OC(=O)c1ccccc1C(=O)N(C)c1ccccc1)C(=O)N1CCN(Cc2ccccc2)CC1. The van der Waals surface area contributed by atoms with E-state index >= 15 is 0 Å². The summed E-state index contributed by atoms with van der Waals surface area (Å²) in [5, 5.41) is 0. The lowest BCUT2D eigenvalue weighted by atomic mass is 10.1. The van der Waals surface area contributed by atoms with Crippen LogP contribution in [0.5, 0.6) is 0 Å². The minimum absolute atomic E-state index is 0.137. The third-order valence-corrected chi connectivity index (χ3v) is 6.39. The van der Waals surface area contributed by atoms with Crippen molar-refractivity contribution < 1.29 is 19.1 Å². The van der Waals surface area contributed by atoms with Crippen LogP contribution in [0.15, 0.2) is 84.9 Å². The Morgan fingerprint density at radius 1 is 0.806 bits per heavy atom. The van der Waals surface area contributed by atoms with Crippen molar-refractivity contribution in [1.29, 1.82) is 0 Å². The van der Waals surface area contributed by atoms with Crippen LogP contribution in [0.1, 0.15) is 33.2 Å². The van der Waals surface area contributed by atoms with Crippen LogP contribution in [0.2, 0.25) is 0 Å². The number of nitrogens with zero attached hydrogens (tertiary/aromatic N) is 3. The summed E-state index contributed by atoms with van der Waals surface area (Å²) in [6, 6.07) is 25.9. The van der Waals surface area contributed by atoms with Crippen molar-refractivity contribution in [2.75, 3.05) is 38.1 Å². The van der Waals surface area contributed by atoms with Crippen LogP contribution in [-0.4, -0.2) is 66.9 Å². The lowest BCUT2D eigenvalue weighted by Crippen LogP contribution is -2.51. The molecule has 36 heavy (non-hydrogen) atoms. The van der Waals surface area contributed by atoms with Gasteiger partial charge in [0.25, 0.3) is 11.8 Å². The second kappa shape index (κ2) is 11.6. The van der Waals surface area contributed by atoms with Crippen LogP contribution in [0.3, 0.4) is 0 Å². The molecule has 7 nitrogen and oxygen atoms in total. The minimum Gasteiger partial charge on any atom is -0.449 e. The van der Waals surface area contributed by atoms with E-state index in [-0.39, 0.29) is 22.9 Å². The first kappa shape index (κ1) is 25.1. The van der Waals surface area contributed by atoms with Gasteiger partial charge in [-0.1, -0.05) is 60.7 Å². The van der Waals surface area contributed by atoms with Gasteiger partial charge < -0.3 is 14.5 Å². The lowest BCUT2D eigenvalue weighted by molar-refractivity contribution is -0.141. The predicted molar refractivity (Wildman–Crippen MR) is 139 cm³/mol. The van der Waals surface area contributed by atoms with E-state index in [1.54, 1.807) is 43.1 Å². The van der Waals surface area contributed by atoms with E-state index in [4.69, 9.17) is 4.74 Å². The number of carbonyl (C=O) groups excluding carboxylic acids is 3. The van der Waals surface area contributed by atoms with Gasteiger partial charge >= 0.3 is 5.97 Å². The summed E-state index contributed by atoms with van der Waals surface area (Å²) in [7, 11) is 1.66. The fraction of sp³-hybridized carbons (Fsp3) is 0.276. The molecular weight excluding hydrogens is 454 g/mol. The van der Waals surface area contributed by atoms with Gasteiger partial charge in [0.1, 0.15) is 0 Å². The molecular formula is C29H31N3O4. The molecule has 3 aromatic carbocycles. The standard InChI is InChI=1S/C29H31N3O4/c1-22(27(33)32-19-17-31(18-20-32)21-23-11-5-3-6-12-23)36-29(35)26-16-10-9-15-25(26)28(34)30(2)24-13-7-4-8-14-24/h3-16,22H,17-21H2,1-2H3. The van der Waals surface area contributed by atoms with E-state index in [9.17, 15) is 14.4 Å². The Hall–Kier alpha value is -3.97. The van der Waals surface area contributed by atoms with Gasteiger partial charge in [-0.05, 0) is 36.8 Å². The Bertz CT molecular complexity index is 1190. The highest BCUT2D eigenvalue weighted by molar-refractivity contribution is 6.12. The molecule has 0 bridgehead atoms. The highest BCUT2D eigenvalue weighted by Crippen LogP contribution is 2.19. The second-order valence-corrected chi connectivity index (χ2v) is 8.88. The number of piperazine rings is 1. The van der Waals surface area contributed by atoms with E-state index in [1.165, 1.54) is 10.5 Å². The third-order valence-electron chi connectivity index (χ3n) is 6.39. The molecule has 1 saturated heterocycles. The van der Waals surface area contributed by atoms with Crippen molar-refractivity contribution in [3.05, 3.63) is 102 Å². The number of esters is 1. The Labute approximate surface area is 211 Å². The number of hydrogen-bond donors (Lipinski definition) is 0. The van der Waals surface area contributed by atoms with Crippen LogP contribution < -0.4 is 4.90 Å². The van der Waals surface area contributed by atoms with Gasteiger partial charge in [-0.25, -0.2) is 4.79 Å². The van der Waals surface area contributed by atoms with Crippen LogP contribution >= 0.6 is 0 Å². The Morgan fingerprint density at radius 3 is 2.00 bits per heavy atom. The molecule has 1 unspecified atom stereocenters. The highest BCUT2D eigenvalue weighted by atomic mass is 16.5. The maximum atomic E-state index is 13.1. The zero-order chi connectivity index (χ0) is 25.5. The third kappa shape index (κ3) is 5.98. The molecule has 0 spiro atoms. The molecule has 0 aromatic heterocycles. The van der Waals surface area contributed by atoms with Crippen molar-refractivity contribution >= 4 is 23.5 Å². The summed E-state index contributed by atoms with van der Waals surface area (Å²) in [5.74, 6) is -1.25. The van der Waals surface area contributed by atoms with Crippen molar-refractivity contribution in [1.82, 2.24) is 9.80 Å². The normalized spacial score (nSPS) is 14.7. The van der Waals surface area contributed by atoms with Gasteiger partial charge in [0.05, 0.1) is 11.1 Å². The molecule has 1 fully saturated rings. The fourth-order valence-corrected chi connectivity index (χ4v) is 4.30. The van der Waals surface area contributed by atoms with E-state index < -0.39 is 12.1 Å². The minimum atomic E-state index is -0.951. The Balaban J connectivity index is 1.35. The molecule has 0 radical (unpaired) electrons. The molecule has 0 aliphatic carbocycles. The summed E-state index contributed by atoms with van der Waals surface area (Å²) in [6.07, 6.45) is -0.951. The summed E-state index contributed by atoms with van der Waals surface area (Å²) in [4.78, 5) is 44.7. The van der Waals surface area contributed by atoms with Crippen LogP contribution in [0, 0.1) is 0 Å². The summed E-state index contributed by atoms with van der Waals surface area (Å²) in [5.41, 5.74) is 2.31. The number of para-hydroxylation sites is 1. The molecule has 1 aliphatic rings. The number of ether oxygens (including phenoxy) is 1. The van der Waals surface area contributed by atoms with Crippen molar-refractivity contribution in [3.63, 3.8) is 0 Å². The summed E-state index contributed by atoms with van der Waals surface area (Å²) >= 11 is 0. The molecule has 7 heteroatoms. The second-order valence-electron chi connectivity index (χ2n) is 8.88. The lowest BCUT2D eigenvalue weighted by Gasteiger charge is -2.35. The van der Waals surface area contributed by atoms with Gasteiger partial charge in [0.15, 0.2) is 6.10 Å². The average molecular weight is 486 g/mol. The first-order valence-electron chi connectivity index (χ1n) is 12.1. The zero-order valence-electron chi connectivity index (χ0n) is 20.7. The monoisotopic (exact) mass is 485 g/mol. The van der Waals surface area contributed by atoms with Crippen LogP contribution in [0.25, 0.3) is 0 Å².